The van der Waals surface area contributed by atoms with E-state index in [4.69, 9.17) is 4.98 Å². The van der Waals surface area contributed by atoms with E-state index in [0.717, 1.165) is 30.4 Å². The Kier molecular flexibility index (Phi) is 3.47. The molecule has 0 radical (unpaired) electrons. The molecule has 2 aromatic rings. The topological polar surface area (TPSA) is 35.8 Å². The maximum Gasteiger partial charge on any atom is 0.195 e. The van der Waals surface area contributed by atoms with Crippen LogP contribution in [0.2, 0.25) is 0 Å². The van der Waals surface area contributed by atoms with Crippen LogP contribution in [-0.4, -0.2) is 54.6 Å². The van der Waals surface area contributed by atoms with E-state index in [1.165, 1.54) is 12.1 Å². The molecule has 1 unspecified atom stereocenters. The van der Waals surface area contributed by atoms with Crippen molar-refractivity contribution in [1.82, 2.24) is 19.6 Å². The maximum atomic E-state index is 4.82. The van der Waals surface area contributed by atoms with Crippen LogP contribution in [0.15, 0.2) is 11.6 Å². The fraction of sp³-hybridized carbons (Fsp3) is 0.615. The number of likely N-dealkylation sites (N-methyl/N-ethyl adjacent to an activating group) is 1. The summed E-state index contributed by atoms with van der Waals surface area (Å²) in [6, 6.07) is 0.641. The number of nitrogens with one attached hydrogen (secondary N) is 1. The SMILES string of the molecule is CNCc1c(N2CCC(N(C)C)C2)nc2sccn12. The Balaban J connectivity index is 1.92. The minimum absolute atomic E-state index is 0.641. The van der Waals surface area contributed by atoms with Gasteiger partial charge in [0.25, 0.3) is 0 Å². The average Bonchev–Trinajstić information content (AvgIpc) is 3.04. The lowest BCUT2D eigenvalue weighted by Crippen LogP contribution is -2.32. The van der Waals surface area contributed by atoms with Gasteiger partial charge in [-0.05, 0) is 27.6 Å². The van der Waals surface area contributed by atoms with Crippen LogP contribution in [0.25, 0.3) is 4.96 Å². The molecule has 104 valence electrons. The number of rotatable bonds is 4. The Bertz CT molecular complexity index is 558. The predicted molar refractivity (Wildman–Crippen MR) is 80.1 cm³/mol. The van der Waals surface area contributed by atoms with E-state index in [2.05, 4.69) is 45.2 Å². The van der Waals surface area contributed by atoms with Crippen LogP contribution in [0.1, 0.15) is 12.1 Å². The summed E-state index contributed by atoms with van der Waals surface area (Å²) in [4.78, 5) is 10.7. The fourth-order valence-electron chi connectivity index (χ4n) is 2.76. The van der Waals surface area contributed by atoms with Crippen molar-refractivity contribution in [2.24, 2.45) is 0 Å². The molecular formula is C13H21N5S. The third-order valence-corrected chi connectivity index (χ3v) is 4.63. The van der Waals surface area contributed by atoms with E-state index in [-0.39, 0.29) is 0 Å². The zero-order valence-electron chi connectivity index (χ0n) is 11.8. The molecule has 0 aromatic carbocycles. The first kappa shape index (κ1) is 12.9. The molecule has 1 saturated heterocycles. The summed E-state index contributed by atoms with van der Waals surface area (Å²) in [6.07, 6.45) is 3.33. The number of aromatic nitrogens is 2. The molecular weight excluding hydrogens is 258 g/mol. The van der Waals surface area contributed by atoms with Crippen LogP contribution >= 0.6 is 11.3 Å². The number of hydrogen-bond donors (Lipinski definition) is 1. The quantitative estimate of drug-likeness (QED) is 0.914. The van der Waals surface area contributed by atoms with E-state index in [1.54, 1.807) is 11.3 Å². The molecule has 1 atom stereocenters. The molecule has 0 aliphatic carbocycles. The number of nitrogens with zero attached hydrogens (tertiary/aromatic N) is 4. The lowest BCUT2D eigenvalue weighted by Gasteiger charge is -2.21. The first-order chi connectivity index (χ1) is 9.20. The Morgan fingerprint density at radius 3 is 3.05 bits per heavy atom. The molecule has 0 saturated carbocycles. The summed E-state index contributed by atoms with van der Waals surface area (Å²) in [7, 11) is 6.31. The summed E-state index contributed by atoms with van der Waals surface area (Å²) >= 11 is 1.70. The van der Waals surface area contributed by atoms with Gasteiger partial charge in [-0.3, -0.25) is 4.40 Å². The highest BCUT2D eigenvalue weighted by Crippen LogP contribution is 2.28. The standard InChI is InChI=1S/C13H21N5S/c1-14-8-11-12(15-13-18(11)6-7-19-13)17-5-4-10(9-17)16(2)3/h6-7,10,14H,4-5,8-9H2,1-3H3. The van der Waals surface area contributed by atoms with Crippen LogP contribution in [-0.2, 0) is 6.54 Å². The first-order valence-electron chi connectivity index (χ1n) is 6.71. The van der Waals surface area contributed by atoms with Crippen molar-refractivity contribution in [1.29, 1.82) is 0 Å². The van der Waals surface area contributed by atoms with Crippen LogP contribution < -0.4 is 10.2 Å². The van der Waals surface area contributed by atoms with Crippen molar-refractivity contribution in [3.63, 3.8) is 0 Å². The maximum absolute atomic E-state index is 4.82. The zero-order valence-corrected chi connectivity index (χ0v) is 12.6. The molecule has 1 N–H and O–H groups in total. The molecule has 1 fully saturated rings. The summed E-state index contributed by atoms with van der Waals surface area (Å²) in [5.74, 6) is 1.16. The molecule has 0 spiro atoms. The van der Waals surface area contributed by atoms with Gasteiger partial charge in [-0.25, -0.2) is 4.98 Å². The lowest BCUT2D eigenvalue weighted by atomic mass is 10.2. The Morgan fingerprint density at radius 2 is 2.37 bits per heavy atom. The predicted octanol–water partition coefficient (Wildman–Crippen LogP) is 1.26. The highest BCUT2D eigenvalue weighted by Gasteiger charge is 2.28. The van der Waals surface area contributed by atoms with Crippen LogP contribution in [0, 0.1) is 0 Å². The van der Waals surface area contributed by atoms with Gasteiger partial charge in [0.2, 0.25) is 0 Å². The van der Waals surface area contributed by atoms with Gasteiger partial charge in [0, 0.05) is 37.3 Å². The minimum atomic E-state index is 0.641. The van der Waals surface area contributed by atoms with E-state index in [1.807, 2.05) is 7.05 Å². The minimum Gasteiger partial charge on any atom is -0.353 e. The van der Waals surface area contributed by atoms with Crippen LogP contribution in [0.3, 0.4) is 0 Å². The zero-order chi connectivity index (χ0) is 13.4. The Hall–Kier alpha value is -1.11. The second kappa shape index (κ2) is 5.11. The molecule has 3 rings (SSSR count). The number of thiazole rings is 1. The van der Waals surface area contributed by atoms with Gasteiger partial charge in [-0.15, -0.1) is 11.3 Å². The van der Waals surface area contributed by atoms with Gasteiger partial charge in [0.1, 0.15) is 0 Å². The van der Waals surface area contributed by atoms with Gasteiger partial charge in [0.15, 0.2) is 10.8 Å². The third kappa shape index (κ3) is 2.24. The van der Waals surface area contributed by atoms with E-state index in [9.17, 15) is 0 Å². The van der Waals surface area contributed by atoms with Gasteiger partial charge >= 0.3 is 0 Å². The average molecular weight is 279 g/mol. The second-order valence-electron chi connectivity index (χ2n) is 5.32. The van der Waals surface area contributed by atoms with Crippen molar-refractivity contribution in [2.75, 3.05) is 39.1 Å². The molecule has 5 nitrogen and oxygen atoms in total. The van der Waals surface area contributed by atoms with Crippen molar-refractivity contribution < 1.29 is 0 Å². The van der Waals surface area contributed by atoms with E-state index in [0.29, 0.717) is 6.04 Å². The fourth-order valence-corrected chi connectivity index (χ4v) is 3.49. The molecule has 1 aliphatic heterocycles. The highest BCUT2D eigenvalue weighted by atomic mass is 32.1. The summed E-state index contributed by atoms with van der Waals surface area (Å²) in [5, 5.41) is 5.35. The summed E-state index contributed by atoms with van der Waals surface area (Å²) < 4.78 is 2.21. The van der Waals surface area contributed by atoms with Gasteiger partial charge in [0.05, 0.1) is 5.69 Å². The number of hydrogen-bond acceptors (Lipinski definition) is 5. The van der Waals surface area contributed by atoms with Crippen molar-refractivity contribution in [3.8, 4) is 0 Å². The largest absolute Gasteiger partial charge is 0.353 e. The Morgan fingerprint density at radius 1 is 1.53 bits per heavy atom. The molecule has 0 amide bonds. The number of anilines is 1. The second-order valence-corrected chi connectivity index (χ2v) is 6.19. The van der Waals surface area contributed by atoms with Gasteiger partial charge in [-0.1, -0.05) is 0 Å². The first-order valence-corrected chi connectivity index (χ1v) is 7.59. The monoisotopic (exact) mass is 279 g/mol. The lowest BCUT2D eigenvalue weighted by molar-refractivity contribution is 0.315. The van der Waals surface area contributed by atoms with Crippen LogP contribution in [0.4, 0.5) is 5.82 Å². The van der Waals surface area contributed by atoms with Crippen LogP contribution in [0.5, 0.6) is 0 Å². The van der Waals surface area contributed by atoms with Gasteiger partial charge < -0.3 is 15.1 Å². The van der Waals surface area contributed by atoms with E-state index >= 15 is 0 Å². The summed E-state index contributed by atoms with van der Waals surface area (Å²) in [6.45, 7) is 3.04. The third-order valence-electron chi connectivity index (χ3n) is 3.88. The molecule has 2 aromatic heterocycles. The number of fused-ring (bicyclic) bond motifs is 1. The smallest absolute Gasteiger partial charge is 0.195 e. The molecule has 3 heterocycles. The van der Waals surface area contributed by atoms with Gasteiger partial charge in [-0.2, -0.15) is 0 Å². The van der Waals surface area contributed by atoms with Crippen molar-refractivity contribution in [3.05, 3.63) is 17.3 Å². The summed E-state index contributed by atoms with van der Waals surface area (Å²) in [5.41, 5.74) is 1.28. The number of imidazole rings is 1. The molecule has 6 heteroatoms. The molecule has 19 heavy (non-hydrogen) atoms. The van der Waals surface area contributed by atoms with Crippen molar-refractivity contribution in [2.45, 2.75) is 19.0 Å². The van der Waals surface area contributed by atoms with Crippen molar-refractivity contribution >= 4 is 22.1 Å². The van der Waals surface area contributed by atoms with E-state index < -0.39 is 0 Å². The molecule has 0 bridgehead atoms. The normalized spacial score (nSPS) is 20.0. The molecule has 1 aliphatic rings. The highest BCUT2D eigenvalue weighted by molar-refractivity contribution is 7.15. The Labute approximate surface area is 117 Å².